The Bertz CT molecular complexity index is 571. The second kappa shape index (κ2) is 5.72. The summed E-state index contributed by atoms with van der Waals surface area (Å²) in [6, 6.07) is 2.97. The van der Waals surface area contributed by atoms with Crippen molar-refractivity contribution in [2.75, 3.05) is 5.32 Å². The molecule has 1 amide bonds. The van der Waals surface area contributed by atoms with Crippen molar-refractivity contribution < 1.29 is 9.18 Å². The molecule has 0 saturated carbocycles. The van der Waals surface area contributed by atoms with Gasteiger partial charge in [0.25, 0.3) is 0 Å². The predicted octanol–water partition coefficient (Wildman–Crippen LogP) is 2.94. The zero-order chi connectivity index (χ0) is 13.1. The third-order valence-corrected chi connectivity index (χ3v) is 3.90. The van der Waals surface area contributed by atoms with E-state index in [1.165, 1.54) is 36.1 Å². The largest absolute Gasteiger partial charge is 0.301 e. The van der Waals surface area contributed by atoms with Gasteiger partial charge in [-0.15, -0.1) is 10.2 Å². The molecule has 0 aliphatic carbocycles. The lowest BCUT2D eigenvalue weighted by atomic mass is 10.5. The number of hydrogen-bond donors (Lipinski definition) is 1. The molecule has 0 radical (unpaired) electrons. The quantitative estimate of drug-likeness (QED) is 0.682. The van der Waals surface area contributed by atoms with Crippen LogP contribution in [-0.4, -0.2) is 21.1 Å². The van der Waals surface area contributed by atoms with Crippen molar-refractivity contribution in [2.45, 2.75) is 16.2 Å². The van der Waals surface area contributed by atoms with E-state index in [0.29, 0.717) is 19.0 Å². The number of pyridine rings is 1. The van der Waals surface area contributed by atoms with Crippen molar-refractivity contribution >= 4 is 50.1 Å². The summed E-state index contributed by atoms with van der Waals surface area (Å²) >= 11 is 5.58. The van der Waals surface area contributed by atoms with Crippen LogP contribution in [0.15, 0.2) is 26.0 Å². The van der Waals surface area contributed by atoms with E-state index in [2.05, 4.69) is 36.4 Å². The van der Waals surface area contributed by atoms with E-state index in [4.69, 9.17) is 0 Å². The molecule has 2 aromatic heterocycles. The minimum Gasteiger partial charge on any atom is -0.301 e. The Morgan fingerprint density at radius 2 is 2.28 bits per heavy atom. The highest BCUT2D eigenvalue weighted by Gasteiger charge is 2.08. The van der Waals surface area contributed by atoms with Crippen LogP contribution in [0.2, 0.25) is 0 Å². The highest BCUT2D eigenvalue weighted by Crippen LogP contribution is 2.32. The van der Waals surface area contributed by atoms with Crippen LogP contribution in [0.25, 0.3) is 0 Å². The Labute approximate surface area is 118 Å². The topological polar surface area (TPSA) is 67.8 Å². The minimum absolute atomic E-state index is 0.208. The predicted molar refractivity (Wildman–Crippen MR) is 70.2 cm³/mol. The fourth-order valence-corrected chi connectivity index (χ4v) is 3.45. The number of rotatable bonds is 3. The fraction of sp³-hybridized carbons (Fsp3) is 0.111. The van der Waals surface area contributed by atoms with Gasteiger partial charge in [-0.1, -0.05) is 23.1 Å². The number of anilines is 1. The van der Waals surface area contributed by atoms with Crippen molar-refractivity contribution in [1.82, 2.24) is 15.2 Å². The average Bonchev–Trinajstić information content (AvgIpc) is 2.62. The molecule has 0 spiro atoms. The highest BCUT2D eigenvalue weighted by atomic mass is 79.9. The molecule has 0 fully saturated rings. The van der Waals surface area contributed by atoms with Gasteiger partial charge in [0, 0.05) is 17.9 Å². The molecular formula is C9H6BrFN4OS2. The molecule has 0 atom stereocenters. The van der Waals surface area contributed by atoms with Crippen LogP contribution < -0.4 is 5.32 Å². The maximum Gasteiger partial charge on any atom is 0.223 e. The van der Waals surface area contributed by atoms with E-state index >= 15 is 0 Å². The maximum absolute atomic E-state index is 13.1. The molecule has 0 aliphatic rings. The van der Waals surface area contributed by atoms with Crippen LogP contribution in [0.5, 0.6) is 0 Å². The molecule has 5 nitrogen and oxygen atoms in total. The molecule has 0 bridgehead atoms. The molecule has 0 unspecified atom stereocenters. The van der Waals surface area contributed by atoms with Crippen LogP contribution in [-0.2, 0) is 4.79 Å². The summed E-state index contributed by atoms with van der Waals surface area (Å²) in [6.07, 6.45) is 0. The molecule has 9 heteroatoms. The number of nitrogens with one attached hydrogen (secondary N) is 1. The Hall–Kier alpha value is -1.06. The first-order chi connectivity index (χ1) is 8.52. The Morgan fingerprint density at radius 1 is 1.50 bits per heavy atom. The van der Waals surface area contributed by atoms with Gasteiger partial charge in [-0.2, -0.15) is 4.39 Å². The van der Waals surface area contributed by atoms with E-state index in [0.717, 1.165) is 0 Å². The van der Waals surface area contributed by atoms with Crippen LogP contribution in [0, 0.1) is 5.95 Å². The summed E-state index contributed by atoms with van der Waals surface area (Å²) in [7, 11) is 0. The lowest BCUT2D eigenvalue weighted by molar-refractivity contribution is -0.114. The summed E-state index contributed by atoms with van der Waals surface area (Å²) in [5.74, 6) is -0.779. The summed E-state index contributed by atoms with van der Waals surface area (Å²) in [5.41, 5.74) is 0. The van der Waals surface area contributed by atoms with Crippen LogP contribution in [0.4, 0.5) is 9.52 Å². The van der Waals surface area contributed by atoms with Gasteiger partial charge in [0.05, 0.1) is 0 Å². The van der Waals surface area contributed by atoms with Gasteiger partial charge in [0.2, 0.25) is 17.0 Å². The van der Waals surface area contributed by atoms with Crippen LogP contribution in [0.3, 0.4) is 0 Å². The van der Waals surface area contributed by atoms with E-state index in [1.54, 1.807) is 6.07 Å². The number of halogens is 2. The third kappa shape index (κ3) is 3.72. The van der Waals surface area contributed by atoms with Crippen molar-refractivity contribution in [3.8, 4) is 0 Å². The van der Waals surface area contributed by atoms with Crippen molar-refractivity contribution in [3.63, 3.8) is 0 Å². The molecule has 0 aliphatic heterocycles. The van der Waals surface area contributed by atoms with E-state index in [9.17, 15) is 9.18 Å². The molecule has 2 aromatic rings. The number of carbonyl (C=O) groups excluding carboxylic acids is 1. The van der Waals surface area contributed by atoms with Gasteiger partial charge >= 0.3 is 0 Å². The molecular weight excluding hydrogens is 343 g/mol. The number of nitrogens with zero attached hydrogens (tertiary/aromatic N) is 3. The molecule has 0 saturated heterocycles. The Kier molecular flexibility index (Phi) is 4.25. The van der Waals surface area contributed by atoms with Gasteiger partial charge in [-0.25, -0.2) is 4.98 Å². The van der Waals surface area contributed by atoms with Gasteiger partial charge in [0.1, 0.15) is 4.60 Å². The number of aromatic nitrogens is 3. The summed E-state index contributed by atoms with van der Waals surface area (Å²) in [5, 5.41) is 10.6. The first kappa shape index (κ1) is 13.4. The third-order valence-electron chi connectivity index (χ3n) is 1.63. The van der Waals surface area contributed by atoms with E-state index in [1.807, 2.05) is 0 Å². The molecule has 2 rings (SSSR count). The first-order valence-electron chi connectivity index (χ1n) is 4.65. The van der Waals surface area contributed by atoms with Gasteiger partial charge in [-0.3, -0.25) is 4.79 Å². The van der Waals surface area contributed by atoms with Gasteiger partial charge in [-0.05, 0) is 22.0 Å². The normalized spacial score (nSPS) is 10.4. The smallest absolute Gasteiger partial charge is 0.223 e. The van der Waals surface area contributed by atoms with Crippen molar-refractivity contribution in [1.29, 1.82) is 0 Å². The monoisotopic (exact) mass is 348 g/mol. The zero-order valence-corrected chi connectivity index (χ0v) is 12.2. The summed E-state index contributed by atoms with van der Waals surface area (Å²) in [6.45, 7) is 1.39. The van der Waals surface area contributed by atoms with E-state index < -0.39 is 5.95 Å². The Morgan fingerprint density at radius 3 is 2.94 bits per heavy atom. The van der Waals surface area contributed by atoms with Crippen LogP contribution >= 0.6 is 39.0 Å². The van der Waals surface area contributed by atoms with Crippen LogP contribution in [0.1, 0.15) is 6.92 Å². The average molecular weight is 349 g/mol. The number of hydrogen-bond acceptors (Lipinski definition) is 6. The molecule has 94 valence electrons. The molecule has 18 heavy (non-hydrogen) atoms. The lowest BCUT2D eigenvalue weighted by Gasteiger charge is -1.97. The maximum atomic E-state index is 13.1. The summed E-state index contributed by atoms with van der Waals surface area (Å²) < 4.78 is 14.1. The number of carbonyl (C=O) groups is 1. The van der Waals surface area contributed by atoms with Gasteiger partial charge < -0.3 is 5.32 Å². The van der Waals surface area contributed by atoms with Gasteiger partial charge in [0.15, 0.2) is 4.34 Å². The second-order valence-corrected chi connectivity index (χ2v) is 6.22. The number of amides is 1. The van der Waals surface area contributed by atoms with E-state index in [-0.39, 0.29) is 5.91 Å². The molecule has 1 N–H and O–H groups in total. The standard InChI is InChI=1S/C9H6BrFN4OS2/c1-4(16)12-8-14-15-9(18-8)17-5-2-6(10)13-7(11)3-5/h2-3H,1H3,(H,12,14,16). The lowest BCUT2D eigenvalue weighted by Crippen LogP contribution is -2.04. The highest BCUT2D eigenvalue weighted by molar-refractivity contribution is 9.10. The molecule has 2 heterocycles. The summed E-state index contributed by atoms with van der Waals surface area (Å²) in [4.78, 5) is 15.0. The van der Waals surface area contributed by atoms with Crippen molar-refractivity contribution in [2.24, 2.45) is 0 Å². The SMILES string of the molecule is CC(=O)Nc1nnc(Sc2cc(F)nc(Br)c2)s1. The second-order valence-electron chi connectivity index (χ2n) is 3.10. The minimum atomic E-state index is -0.571. The first-order valence-corrected chi connectivity index (χ1v) is 7.07. The zero-order valence-electron chi connectivity index (χ0n) is 8.98. The van der Waals surface area contributed by atoms with Crippen molar-refractivity contribution in [3.05, 3.63) is 22.7 Å². The molecule has 0 aromatic carbocycles. The fourth-order valence-electron chi connectivity index (χ4n) is 1.05. The Balaban J connectivity index is 2.13.